The molecule has 0 heterocycles. The Hall–Kier alpha value is -0.0400. The van der Waals surface area contributed by atoms with Gasteiger partial charge in [-0.25, -0.2) is 0 Å². The lowest BCUT2D eigenvalue weighted by Crippen LogP contribution is -2.54. The molecule has 13 heavy (non-hydrogen) atoms. The van der Waals surface area contributed by atoms with E-state index in [1.165, 1.54) is 19.3 Å². The third-order valence-corrected chi connectivity index (χ3v) is 5.41. The molecule has 3 aliphatic rings. The van der Waals surface area contributed by atoms with Crippen LogP contribution in [0.1, 0.15) is 39.5 Å². The van der Waals surface area contributed by atoms with Crippen molar-refractivity contribution in [3.05, 3.63) is 0 Å². The zero-order valence-electron chi connectivity index (χ0n) is 8.66. The fourth-order valence-electron chi connectivity index (χ4n) is 5.07. The quantitative estimate of drug-likeness (QED) is 0.607. The van der Waals surface area contributed by atoms with Crippen LogP contribution in [0, 0.1) is 29.1 Å². The van der Waals surface area contributed by atoms with Crippen molar-refractivity contribution >= 4 is 0 Å². The maximum absolute atomic E-state index is 9.92. The molecule has 6 atom stereocenters. The summed E-state index contributed by atoms with van der Waals surface area (Å²) >= 11 is 0. The molecule has 0 aromatic carbocycles. The van der Waals surface area contributed by atoms with Crippen LogP contribution in [-0.2, 0) is 0 Å². The monoisotopic (exact) mass is 180 g/mol. The highest BCUT2D eigenvalue weighted by molar-refractivity contribution is 5.15. The Labute approximate surface area is 80.5 Å². The van der Waals surface area contributed by atoms with Crippen molar-refractivity contribution in [2.24, 2.45) is 29.1 Å². The summed E-state index contributed by atoms with van der Waals surface area (Å²) in [6.45, 7) is 4.84. The summed E-state index contributed by atoms with van der Waals surface area (Å²) in [6, 6.07) is 0. The van der Waals surface area contributed by atoms with Gasteiger partial charge >= 0.3 is 0 Å². The molecule has 3 saturated carbocycles. The van der Waals surface area contributed by atoms with E-state index in [2.05, 4.69) is 13.8 Å². The molecule has 1 heteroatoms. The van der Waals surface area contributed by atoms with Crippen LogP contribution in [0.3, 0.4) is 0 Å². The molecule has 0 spiro atoms. The molecule has 0 aliphatic heterocycles. The van der Waals surface area contributed by atoms with Gasteiger partial charge in [-0.3, -0.25) is 0 Å². The van der Waals surface area contributed by atoms with Crippen LogP contribution in [0.25, 0.3) is 0 Å². The van der Waals surface area contributed by atoms with Gasteiger partial charge in [0.1, 0.15) is 0 Å². The molecule has 0 saturated heterocycles. The van der Waals surface area contributed by atoms with Crippen LogP contribution in [0.2, 0.25) is 0 Å². The first-order chi connectivity index (χ1) is 6.14. The number of hydrogen-bond donors (Lipinski definition) is 1. The topological polar surface area (TPSA) is 20.2 Å². The molecule has 0 amide bonds. The predicted molar refractivity (Wildman–Crippen MR) is 52.2 cm³/mol. The van der Waals surface area contributed by atoms with E-state index in [0.717, 1.165) is 24.2 Å². The fourth-order valence-corrected chi connectivity index (χ4v) is 5.07. The molecular weight excluding hydrogens is 160 g/mol. The van der Waals surface area contributed by atoms with Crippen LogP contribution in [0.15, 0.2) is 0 Å². The highest BCUT2D eigenvalue weighted by Crippen LogP contribution is 2.70. The Balaban J connectivity index is 1.92. The van der Waals surface area contributed by atoms with E-state index >= 15 is 0 Å². The van der Waals surface area contributed by atoms with Crippen molar-refractivity contribution in [2.45, 2.75) is 45.6 Å². The van der Waals surface area contributed by atoms with Gasteiger partial charge in [0, 0.05) is 0 Å². The molecule has 0 bridgehead atoms. The highest BCUT2D eigenvalue weighted by Gasteiger charge is 2.66. The van der Waals surface area contributed by atoms with Gasteiger partial charge in [-0.05, 0) is 48.3 Å². The molecule has 74 valence electrons. The smallest absolute Gasteiger partial charge is 0.0576 e. The van der Waals surface area contributed by atoms with Gasteiger partial charge in [0.25, 0.3) is 0 Å². The number of hydrogen-bond acceptors (Lipinski definition) is 1. The van der Waals surface area contributed by atoms with E-state index in [4.69, 9.17) is 0 Å². The summed E-state index contributed by atoms with van der Waals surface area (Å²) in [7, 11) is 0. The van der Waals surface area contributed by atoms with Gasteiger partial charge in [-0.1, -0.05) is 20.3 Å². The zero-order chi connectivity index (χ0) is 9.22. The summed E-state index contributed by atoms with van der Waals surface area (Å²) < 4.78 is 0. The van der Waals surface area contributed by atoms with Crippen LogP contribution in [0.4, 0.5) is 0 Å². The number of aliphatic hydroxyl groups excluding tert-OH is 1. The summed E-state index contributed by atoms with van der Waals surface area (Å²) in [5.74, 6) is 3.44. The van der Waals surface area contributed by atoms with E-state index in [0.29, 0.717) is 11.3 Å². The van der Waals surface area contributed by atoms with Gasteiger partial charge in [-0.2, -0.15) is 0 Å². The van der Waals surface area contributed by atoms with E-state index in [-0.39, 0.29) is 6.10 Å². The summed E-state index contributed by atoms with van der Waals surface area (Å²) in [5.41, 5.74) is 0.528. The van der Waals surface area contributed by atoms with E-state index in [1.54, 1.807) is 0 Å². The lowest BCUT2D eigenvalue weighted by molar-refractivity contribution is -0.120. The summed E-state index contributed by atoms with van der Waals surface area (Å²) in [6.07, 6.45) is 5.19. The molecule has 1 N–H and O–H groups in total. The Kier molecular flexibility index (Phi) is 1.47. The lowest BCUT2D eigenvalue weighted by Gasteiger charge is -2.57. The Morgan fingerprint density at radius 1 is 1.15 bits per heavy atom. The maximum Gasteiger partial charge on any atom is 0.0576 e. The van der Waals surface area contributed by atoms with Crippen molar-refractivity contribution in [1.82, 2.24) is 0 Å². The average molecular weight is 180 g/mol. The van der Waals surface area contributed by atoms with E-state index in [9.17, 15) is 5.11 Å². The molecule has 0 radical (unpaired) electrons. The Bertz CT molecular complexity index is 223. The van der Waals surface area contributed by atoms with Crippen LogP contribution >= 0.6 is 0 Å². The van der Waals surface area contributed by atoms with E-state index < -0.39 is 0 Å². The van der Waals surface area contributed by atoms with Crippen LogP contribution < -0.4 is 0 Å². The molecule has 1 nitrogen and oxygen atoms in total. The maximum atomic E-state index is 9.92. The Morgan fingerprint density at radius 2 is 1.92 bits per heavy atom. The first-order valence-corrected chi connectivity index (χ1v) is 5.82. The first kappa shape index (κ1) is 8.28. The van der Waals surface area contributed by atoms with Crippen molar-refractivity contribution < 1.29 is 5.11 Å². The van der Waals surface area contributed by atoms with Crippen molar-refractivity contribution in [2.75, 3.05) is 0 Å². The van der Waals surface area contributed by atoms with Crippen molar-refractivity contribution in [1.29, 1.82) is 0 Å². The van der Waals surface area contributed by atoms with Gasteiger partial charge in [0.05, 0.1) is 6.10 Å². The van der Waals surface area contributed by atoms with Crippen LogP contribution in [-0.4, -0.2) is 11.2 Å². The summed E-state index contributed by atoms with van der Waals surface area (Å²) in [4.78, 5) is 0. The van der Waals surface area contributed by atoms with Crippen molar-refractivity contribution in [3.8, 4) is 0 Å². The second-order valence-electron chi connectivity index (χ2n) is 5.88. The van der Waals surface area contributed by atoms with Gasteiger partial charge in [-0.15, -0.1) is 0 Å². The molecule has 3 fully saturated rings. The lowest BCUT2D eigenvalue weighted by atomic mass is 9.48. The molecule has 0 aromatic heterocycles. The van der Waals surface area contributed by atoms with Crippen LogP contribution in [0.5, 0.6) is 0 Å². The third kappa shape index (κ3) is 0.782. The zero-order valence-corrected chi connectivity index (χ0v) is 8.66. The SMILES string of the molecule is C[C@H]1CC[C@@H]2[C@H]1[C@@]1(C)CC[C@H](O)[C@@H]21. The number of fused-ring (bicyclic) bond motifs is 4. The third-order valence-electron chi connectivity index (χ3n) is 5.41. The van der Waals surface area contributed by atoms with Gasteiger partial charge < -0.3 is 5.11 Å². The normalized spacial score (nSPS) is 64.4. The highest BCUT2D eigenvalue weighted by atomic mass is 16.3. The van der Waals surface area contributed by atoms with Gasteiger partial charge in [0.2, 0.25) is 0 Å². The van der Waals surface area contributed by atoms with Gasteiger partial charge in [0.15, 0.2) is 0 Å². The predicted octanol–water partition coefficient (Wildman–Crippen LogP) is 2.44. The second-order valence-corrected chi connectivity index (χ2v) is 5.88. The molecule has 3 rings (SSSR count). The average Bonchev–Trinajstić information content (AvgIpc) is 2.49. The largest absolute Gasteiger partial charge is 0.393 e. The molecule has 3 aliphatic carbocycles. The molecular formula is C12H20O. The standard InChI is InChI=1S/C12H20O/c1-7-3-4-8-10(7)12(2)6-5-9(13)11(8)12/h7-11,13H,3-6H2,1-2H3/t7-,8+,9-,10-,11+,12+/m0/s1. The van der Waals surface area contributed by atoms with Crippen molar-refractivity contribution in [3.63, 3.8) is 0 Å². The molecule has 0 aromatic rings. The minimum Gasteiger partial charge on any atom is -0.393 e. The number of aliphatic hydroxyl groups is 1. The second kappa shape index (κ2) is 2.31. The number of rotatable bonds is 0. The summed E-state index contributed by atoms with van der Waals surface area (Å²) in [5, 5.41) is 9.92. The fraction of sp³-hybridized carbons (Fsp3) is 1.00. The Morgan fingerprint density at radius 3 is 2.69 bits per heavy atom. The minimum absolute atomic E-state index is 0.0385. The van der Waals surface area contributed by atoms with E-state index in [1.807, 2.05) is 0 Å². The first-order valence-electron chi connectivity index (χ1n) is 5.82. The minimum atomic E-state index is 0.0385. The molecule has 0 unspecified atom stereocenters.